The van der Waals surface area contributed by atoms with Gasteiger partial charge >= 0.3 is 0 Å². The minimum Gasteiger partial charge on any atom is -0.340 e. The van der Waals surface area contributed by atoms with Crippen LogP contribution in [-0.2, 0) is 16.0 Å². The fourth-order valence-corrected chi connectivity index (χ4v) is 4.50. The lowest BCUT2D eigenvalue weighted by molar-refractivity contribution is -0.140. The summed E-state index contributed by atoms with van der Waals surface area (Å²) in [4.78, 5) is 37.6. The molecule has 2 saturated heterocycles. The van der Waals surface area contributed by atoms with E-state index in [1.54, 1.807) is 6.20 Å². The highest BCUT2D eigenvalue weighted by molar-refractivity contribution is 7.13. The van der Waals surface area contributed by atoms with Gasteiger partial charge in [0, 0.05) is 43.8 Å². The van der Waals surface area contributed by atoms with Gasteiger partial charge in [0.1, 0.15) is 5.01 Å². The van der Waals surface area contributed by atoms with E-state index in [4.69, 9.17) is 0 Å². The van der Waals surface area contributed by atoms with E-state index < -0.39 is 0 Å². The number of carbonyl (C=O) groups is 2. The van der Waals surface area contributed by atoms with Crippen LogP contribution in [0.1, 0.15) is 18.5 Å². The second kappa shape index (κ2) is 8.14. The first-order valence-corrected chi connectivity index (χ1v) is 10.2. The van der Waals surface area contributed by atoms with Gasteiger partial charge in [-0.25, -0.2) is 4.98 Å². The standard InChI is InChI=1S/C19H23N5O2S/c25-17(10-14-13-27-19(22-14)16-5-1-2-6-21-16)23-8-3-4-15(12-23)24-9-7-20-11-18(24)26/h1-2,5-6,13,15,20H,3-4,7-12H2. The van der Waals surface area contributed by atoms with Gasteiger partial charge in [-0.15, -0.1) is 11.3 Å². The lowest BCUT2D eigenvalue weighted by Crippen LogP contribution is -2.57. The van der Waals surface area contributed by atoms with Gasteiger partial charge in [-0.05, 0) is 25.0 Å². The van der Waals surface area contributed by atoms with Crippen molar-refractivity contribution in [2.45, 2.75) is 25.3 Å². The highest BCUT2D eigenvalue weighted by atomic mass is 32.1. The highest BCUT2D eigenvalue weighted by Crippen LogP contribution is 2.23. The Kier molecular flexibility index (Phi) is 5.45. The summed E-state index contributed by atoms with van der Waals surface area (Å²) in [6, 6.07) is 5.86. The molecule has 0 bridgehead atoms. The van der Waals surface area contributed by atoms with Crippen molar-refractivity contribution >= 4 is 23.2 Å². The number of aromatic nitrogens is 2. The Hall–Kier alpha value is -2.32. The van der Waals surface area contributed by atoms with E-state index in [0.29, 0.717) is 19.5 Å². The van der Waals surface area contributed by atoms with Gasteiger partial charge in [-0.3, -0.25) is 14.6 Å². The molecule has 2 aliphatic heterocycles. The third kappa shape index (κ3) is 4.17. The number of carbonyl (C=O) groups excluding carboxylic acids is 2. The molecule has 1 unspecified atom stereocenters. The first-order valence-electron chi connectivity index (χ1n) is 9.34. The van der Waals surface area contributed by atoms with Gasteiger partial charge in [0.25, 0.3) is 0 Å². The summed E-state index contributed by atoms with van der Waals surface area (Å²) in [5, 5.41) is 5.87. The number of rotatable bonds is 4. The first kappa shape index (κ1) is 18.1. The summed E-state index contributed by atoms with van der Waals surface area (Å²) >= 11 is 1.51. The third-order valence-electron chi connectivity index (χ3n) is 5.08. The van der Waals surface area contributed by atoms with Gasteiger partial charge in [0.15, 0.2) is 0 Å². The molecular weight excluding hydrogens is 362 g/mol. The van der Waals surface area contributed by atoms with Crippen molar-refractivity contribution in [2.75, 3.05) is 32.7 Å². The third-order valence-corrected chi connectivity index (χ3v) is 6.00. The van der Waals surface area contributed by atoms with Crippen LogP contribution in [0.2, 0.25) is 0 Å². The quantitative estimate of drug-likeness (QED) is 0.855. The largest absolute Gasteiger partial charge is 0.340 e. The predicted molar refractivity (Wildman–Crippen MR) is 103 cm³/mol. The molecule has 4 rings (SSSR count). The fourth-order valence-electron chi connectivity index (χ4n) is 3.70. The van der Waals surface area contributed by atoms with E-state index in [1.165, 1.54) is 11.3 Å². The average Bonchev–Trinajstić information content (AvgIpc) is 3.17. The molecule has 0 spiro atoms. The molecule has 4 heterocycles. The molecule has 7 nitrogen and oxygen atoms in total. The van der Waals surface area contributed by atoms with E-state index in [9.17, 15) is 9.59 Å². The SMILES string of the molecule is O=C(Cc1csc(-c2ccccn2)n1)N1CCCC(N2CCNCC2=O)C1. The van der Waals surface area contributed by atoms with Gasteiger partial charge in [0.05, 0.1) is 24.4 Å². The van der Waals surface area contributed by atoms with Crippen molar-refractivity contribution in [2.24, 2.45) is 0 Å². The number of thiazole rings is 1. The Labute approximate surface area is 162 Å². The predicted octanol–water partition coefficient (Wildman–Crippen LogP) is 1.17. The lowest BCUT2D eigenvalue weighted by Gasteiger charge is -2.41. The molecule has 2 aromatic heterocycles. The molecule has 2 amide bonds. The summed E-state index contributed by atoms with van der Waals surface area (Å²) in [6.07, 6.45) is 3.94. The molecule has 2 aliphatic rings. The number of amides is 2. The van der Waals surface area contributed by atoms with Crippen molar-refractivity contribution in [1.29, 1.82) is 0 Å². The van der Waals surface area contributed by atoms with Crippen LogP contribution in [0.4, 0.5) is 0 Å². The fraction of sp³-hybridized carbons (Fsp3) is 0.474. The molecule has 27 heavy (non-hydrogen) atoms. The number of hydrogen-bond donors (Lipinski definition) is 1. The number of nitrogens with one attached hydrogen (secondary N) is 1. The molecule has 1 atom stereocenters. The topological polar surface area (TPSA) is 78.4 Å². The van der Waals surface area contributed by atoms with Gasteiger partial charge < -0.3 is 15.1 Å². The van der Waals surface area contributed by atoms with Crippen LogP contribution < -0.4 is 5.32 Å². The zero-order valence-electron chi connectivity index (χ0n) is 15.1. The smallest absolute Gasteiger partial charge is 0.236 e. The van der Waals surface area contributed by atoms with Gasteiger partial charge in [0.2, 0.25) is 11.8 Å². The lowest BCUT2D eigenvalue weighted by atomic mass is 10.0. The second-order valence-corrected chi connectivity index (χ2v) is 7.79. The number of piperazine rings is 1. The van der Waals surface area contributed by atoms with Gasteiger partial charge in [-0.1, -0.05) is 6.07 Å². The zero-order valence-corrected chi connectivity index (χ0v) is 16.0. The monoisotopic (exact) mass is 385 g/mol. The molecule has 142 valence electrons. The van der Waals surface area contributed by atoms with E-state index in [2.05, 4.69) is 15.3 Å². The molecule has 8 heteroatoms. The maximum atomic E-state index is 12.8. The van der Waals surface area contributed by atoms with Crippen LogP contribution in [0.3, 0.4) is 0 Å². The number of nitrogens with zero attached hydrogens (tertiary/aromatic N) is 4. The van der Waals surface area contributed by atoms with Crippen molar-refractivity contribution < 1.29 is 9.59 Å². The van der Waals surface area contributed by atoms with E-state index >= 15 is 0 Å². The molecule has 2 fully saturated rings. The Bertz CT molecular complexity index is 809. The maximum absolute atomic E-state index is 12.8. The molecule has 0 aromatic carbocycles. The summed E-state index contributed by atoms with van der Waals surface area (Å²) in [6.45, 7) is 3.34. The van der Waals surface area contributed by atoms with E-state index in [0.717, 1.165) is 48.9 Å². The number of likely N-dealkylation sites (tertiary alicyclic amines) is 1. The van der Waals surface area contributed by atoms with Crippen LogP contribution in [0.25, 0.3) is 10.7 Å². The average molecular weight is 385 g/mol. The Morgan fingerprint density at radius 3 is 3.07 bits per heavy atom. The minimum absolute atomic E-state index is 0.0835. The minimum atomic E-state index is 0.0835. The first-order chi connectivity index (χ1) is 13.2. The van der Waals surface area contributed by atoms with E-state index in [1.807, 2.05) is 33.4 Å². The highest BCUT2D eigenvalue weighted by Gasteiger charge is 2.31. The summed E-state index contributed by atoms with van der Waals surface area (Å²) < 4.78 is 0. The number of hydrogen-bond acceptors (Lipinski definition) is 6. The van der Waals surface area contributed by atoms with Crippen LogP contribution in [-0.4, -0.2) is 70.3 Å². The maximum Gasteiger partial charge on any atom is 0.236 e. The molecule has 0 aliphatic carbocycles. The Morgan fingerprint density at radius 1 is 1.33 bits per heavy atom. The van der Waals surface area contributed by atoms with Crippen LogP contribution in [0.15, 0.2) is 29.8 Å². The second-order valence-electron chi connectivity index (χ2n) is 6.94. The van der Waals surface area contributed by atoms with Crippen LogP contribution in [0.5, 0.6) is 0 Å². The number of piperidine rings is 1. The number of pyridine rings is 1. The molecule has 2 aromatic rings. The van der Waals surface area contributed by atoms with Crippen LogP contribution in [0, 0.1) is 0 Å². The van der Waals surface area contributed by atoms with Gasteiger partial charge in [-0.2, -0.15) is 0 Å². The van der Waals surface area contributed by atoms with Crippen molar-refractivity contribution in [1.82, 2.24) is 25.1 Å². The van der Waals surface area contributed by atoms with Crippen molar-refractivity contribution in [3.05, 3.63) is 35.5 Å². The molecule has 1 N–H and O–H groups in total. The summed E-state index contributed by atoms with van der Waals surface area (Å²) in [5.41, 5.74) is 1.61. The normalized spacial score (nSPS) is 20.7. The Balaban J connectivity index is 1.38. The van der Waals surface area contributed by atoms with Crippen LogP contribution >= 0.6 is 11.3 Å². The molecular formula is C19H23N5O2S. The summed E-state index contributed by atoms with van der Waals surface area (Å²) in [7, 11) is 0. The van der Waals surface area contributed by atoms with E-state index in [-0.39, 0.29) is 17.9 Å². The molecule has 0 saturated carbocycles. The summed E-state index contributed by atoms with van der Waals surface area (Å²) in [5.74, 6) is 0.222. The van der Waals surface area contributed by atoms with Crippen molar-refractivity contribution in [3.8, 4) is 10.7 Å². The molecule has 0 radical (unpaired) electrons. The Morgan fingerprint density at radius 2 is 2.26 bits per heavy atom. The van der Waals surface area contributed by atoms with Crippen molar-refractivity contribution in [3.63, 3.8) is 0 Å². The zero-order chi connectivity index (χ0) is 18.6.